The summed E-state index contributed by atoms with van der Waals surface area (Å²) in [5.74, 6) is -0.380. The number of esters is 2. The van der Waals surface area contributed by atoms with Crippen molar-refractivity contribution in [3.05, 3.63) is 36.5 Å². The van der Waals surface area contributed by atoms with Crippen LogP contribution in [0.1, 0.15) is 278 Å². The van der Waals surface area contributed by atoms with Crippen LogP contribution in [0.5, 0.6) is 0 Å². The van der Waals surface area contributed by atoms with Gasteiger partial charge in [0.05, 0.1) is 0 Å². The highest BCUT2D eigenvalue weighted by atomic mass is 16.6. The Kier molecular flexibility index (Phi) is 49.9. The molecule has 352 valence electrons. The van der Waals surface area contributed by atoms with Crippen molar-refractivity contribution in [2.75, 3.05) is 19.8 Å². The molecule has 0 aromatic rings. The van der Waals surface area contributed by atoms with E-state index in [1.807, 2.05) is 0 Å². The minimum Gasteiger partial charge on any atom is -0.463 e. The van der Waals surface area contributed by atoms with Gasteiger partial charge in [0.15, 0.2) is 0 Å². The Morgan fingerprint density at radius 1 is 0.350 bits per heavy atom. The minimum atomic E-state index is -0.413. The van der Waals surface area contributed by atoms with Gasteiger partial charge in [-0.25, -0.2) is 0 Å². The van der Waals surface area contributed by atoms with Crippen molar-refractivity contribution in [2.24, 2.45) is 0 Å². The van der Waals surface area contributed by atoms with Gasteiger partial charge in [-0.3, -0.25) is 9.59 Å². The van der Waals surface area contributed by atoms with E-state index in [2.05, 4.69) is 57.2 Å². The van der Waals surface area contributed by atoms with Crippen molar-refractivity contribution in [1.82, 2.24) is 0 Å². The van der Waals surface area contributed by atoms with E-state index in [-0.39, 0.29) is 25.2 Å². The zero-order valence-corrected chi connectivity index (χ0v) is 40.5. The molecule has 0 amide bonds. The van der Waals surface area contributed by atoms with Gasteiger partial charge in [0.2, 0.25) is 0 Å². The lowest BCUT2D eigenvalue weighted by Gasteiger charge is -2.18. The zero-order valence-electron chi connectivity index (χ0n) is 40.5. The summed E-state index contributed by atoms with van der Waals surface area (Å²) in [4.78, 5) is 25.1. The molecule has 1 atom stereocenters. The maximum absolute atomic E-state index is 12.6. The van der Waals surface area contributed by atoms with Crippen LogP contribution >= 0.6 is 0 Å². The second-order valence-corrected chi connectivity index (χ2v) is 17.8. The third-order valence-electron chi connectivity index (χ3n) is 11.7. The van der Waals surface area contributed by atoms with Gasteiger partial charge < -0.3 is 14.2 Å². The van der Waals surface area contributed by atoms with Gasteiger partial charge in [0, 0.05) is 19.4 Å². The fraction of sp³-hybridized carbons (Fsp3) is 0.855. The Hall–Kier alpha value is -1.88. The van der Waals surface area contributed by atoms with Crippen molar-refractivity contribution in [2.45, 2.75) is 284 Å². The molecule has 0 unspecified atom stereocenters. The second-order valence-electron chi connectivity index (χ2n) is 17.8. The van der Waals surface area contributed by atoms with E-state index < -0.39 is 6.10 Å². The molecule has 0 N–H and O–H groups in total. The van der Waals surface area contributed by atoms with Crippen molar-refractivity contribution >= 4 is 11.9 Å². The predicted molar refractivity (Wildman–Crippen MR) is 261 cm³/mol. The summed E-state index contributed by atoms with van der Waals surface area (Å²) in [6.45, 7) is 7.70. The molecule has 0 heterocycles. The summed E-state index contributed by atoms with van der Waals surface area (Å²) in [6.07, 6.45) is 61.8. The molecule has 0 aromatic heterocycles. The summed E-state index contributed by atoms with van der Waals surface area (Å²) in [6, 6.07) is 0. The van der Waals surface area contributed by atoms with Crippen molar-refractivity contribution in [3.8, 4) is 0 Å². The lowest BCUT2D eigenvalue weighted by Crippen LogP contribution is -2.29. The first-order chi connectivity index (χ1) is 29.6. The molecule has 0 aliphatic rings. The predicted octanol–water partition coefficient (Wildman–Crippen LogP) is 17.8. The molecule has 5 heteroatoms. The van der Waals surface area contributed by atoms with Crippen molar-refractivity contribution in [1.29, 1.82) is 0 Å². The van der Waals surface area contributed by atoms with Crippen LogP contribution in [0.2, 0.25) is 0 Å². The maximum Gasteiger partial charge on any atom is 0.305 e. The smallest absolute Gasteiger partial charge is 0.305 e. The van der Waals surface area contributed by atoms with E-state index in [0.717, 1.165) is 51.4 Å². The summed E-state index contributed by atoms with van der Waals surface area (Å²) in [5.41, 5.74) is 0. The number of rotatable bonds is 49. The molecule has 0 aromatic carbocycles. The van der Waals surface area contributed by atoms with E-state index in [9.17, 15) is 9.59 Å². The van der Waals surface area contributed by atoms with Gasteiger partial charge in [-0.15, -0.1) is 0 Å². The van der Waals surface area contributed by atoms with Crippen LogP contribution in [0.3, 0.4) is 0 Å². The van der Waals surface area contributed by atoms with Crippen LogP contribution in [0.4, 0.5) is 0 Å². The van der Waals surface area contributed by atoms with E-state index in [0.29, 0.717) is 19.4 Å². The van der Waals surface area contributed by atoms with Crippen LogP contribution in [0.25, 0.3) is 0 Å². The van der Waals surface area contributed by atoms with Gasteiger partial charge in [0.25, 0.3) is 0 Å². The van der Waals surface area contributed by atoms with Gasteiger partial charge >= 0.3 is 11.9 Å². The van der Waals surface area contributed by atoms with E-state index in [1.54, 1.807) is 0 Å². The molecule has 0 radical (unpaired) electrons. The molecule has 60 heavy (non-hydrogen) atoms. The number of ether oxygens (including phenoxy) is 3. The Morgan fingerprint density at radius 3 is 1.05 bits per heavy atom. The van der Waals surface area contributed by atoms with E-state index >= 15 is 0 Å². The number of carbonyl (C=O) groups is 2. The average Bonchev–Trinajstić information content (AvgIpc) is 3.25. The summed E-state index contributed by atoms with van der Waals surface area (Å²) in [5, 5.41) is 0. The Bertz CT molecular complexity index is 955. The SMILES string of the molecule is CCCCCCCC/C=C\C/C=C\C/C=C\CCCC(=O)OC[C@H](COC(=O)CCCCCCCCCCCCC)OCCCCCCCCCCCCCCCCCC. The number of hydrogen-bond acceptors (Lipinski definition) is 5. The third-order valence-corrected chi connectivity index (χ3v) is 11.7. The quantitative estimate of drug-likeness (QED) is 0.0347. The van der Waals surface area contributed by atoms with Crippen LogP contribution in [0.15, 0.2) is 36.5 Å². The van der Waals surface area contributed by atoms with E-state index in [1.165, 1.54) is 193 Å². The first kappa shape index (κ1) is 58.1. The molecule has 0 rings (SSSR count). The highest BCUT2D eigenvalue weighted by Crippen LogP contribution is 2.15. The van der Waals surface area contributed by atoms with Crippen LogP contribution in [0, 0.1) is 0 Å². The first-order valence-corrected chi connectivity index (χ1v) is 26.5. The van der Waals surface area contributed by atoms with Crippen molar-refractivity contribution < 1.29 is 23.8 Å². The molecular weight excluding hydrogens is 741 g/mol. The topological polar surface area (TPSA) is 61.8 Å². The lowest BCUT2D eigenvalue weighted by atomic mass is 10.0. The molecular formula is C55H102O5. The molecule has 0 saturated heterocycles. The fourth-order valence-corrected chi connectivity index (χ4v) is 7.68. The molecule has 0 aliphatic carbocycles. The molecule has 5 nitrogen and oxygen atoms in total. The molecule has 0 saturated carbocycles. The number of allylic oxidation sites excluding steroid dienone is 6. The second kappa shape index (κ2) is 51.5. The number of unbranched alkanes of at least 4 members (excludes halogenated alkanes) is 32. The average molecular weight is 843 g/mol. The Morgan fingerprint density at radius 2 is 0.650 bits per heavy atom. The first-order valence-electron chi connectivity index (χ1n) is 26.5. The fourth-order valence-electron chi connectivity index (χ4n) is 7.68. The minimum absolute atomic E-state index is 0.136. The maximum atomic E-state index is 12.6. The Labute approximate surface area is 374 Å². The zero-order chi connectivity index (χ0) is 43.5. The highest BCUT2D eigenvalue weighted by Gasteiger charge is 2.16. The normalized spacial score (nSPS) is 12.4. The van der Waals surface area contributed by atoms with E-state index in [4.69, 9.17) is 14.2 Å². The highest BCUT2D eigenvalue weighted by molar-refractivity contribution is 5.69. The molecule has 0 spiro atoms. The van der Waals surface area contributed by atoms with Crippen LogP contribution in [-0.4, -0.2) is 37.9 Å². The molecule has 0 aliphatic heterocycles. The summed E-state index contributed by atoms with van der Waals surface area (Å²) in [7, 11) is 0. The molecule has 0 bridgehead atoms. The lowest BCUT2D eigenvalue weighted by molar-refractivity contribution is -0.155. The summed E-state index contributed by atoms with van der Waals surface area (Å²) >= 11 is 0. The largest absolute Gasteiger partial charge is 0.463 e. The standard InChI is InChI=1S/C55H102O5/c1-4-7-10-13-16-19-22-24-26-28-29-31-34-37-40-43-46-49-55(57)60-52-53(51-59-54(56)48-45-42-39-36-33-21-18-15-12-9-6-3)58-50-47-44-41-38-35-32-30-27-25-23-20-17-14-11-8-5-2/h24,26,29,31,37,40,53H,4-23,25,27-28,30,32-36,38-39,41-52H2,1-3H3/b26-24-,31-29-,40-37-/t53-/m0/s1. The van der Waals surface area contributed by atoms with Gasteiger partial charge in [0.1, 0.15) is 19.3 Å². The van der Waals surface area contributed by atoms with Crippen LogP contribution in [-0.2, 0) is 23.8 Å². The summed E-state index contributed by atoms with van der Waals surface area (Å²) < 4.78 is 17.4. The third kappa shape index (κ3) is 48.8. The number of hydrogen-bond donors (Lipinski definition) is 0. The van der Waals surface area contributed by atoms with Gasteiger partial charge in [-0.2, -0.15) is 0 Å². The number of carbonyl (C=O) groups excluding carboxylic acids is 2. The van der Waals surface area contributed by atoms with Crippen LogP contribution < -0.4 is 0 Å². The van der Waals surface area contributed by atoms with Gasteiger partial charge in [-0.1, -0.05) is 250 Å². The monoisotopic (exact) mass is 843 g/mol. The Balaban J connectivity index is 4.28. The van der Waals surface area contributed by atoms with Gasteiger partial charge in [-0.05, 0) is 51.4 Å². The van der Waals surface area contributed by atoms with Crippen molar-refractivity contribution in [3.63, 3.8) is 0 Å². The molecule has 0 fully saturated rings.